The Morgan fingerprint density at radius 2 is 2.22 bits per heavy atom. The maximum Gasteiger partial charge on any atom is 0.396 e. The van der Waals surface area contributed by atoms with E-state index in [9.17, 15) is 10.1 Å². The number of benzene rings is 1. The van der Waals surface area contributed by atoms with Crippen LogP contribution in [-0.4, -0.2) is 14.5 Å². The molecule has 1 aromatic carbocycles. The molecule has 0 saturated carbocycles. The van der Waals surface area contributed by atoms with Gasteiger partial charge in [0.25, 0.3) is 0 Å². The van der Waals surface area contributed by atoms with E-state index in [-0.39, 0.29) is 5.82 Å². The van der Waals surface area contributed by atoms with Gasteiger partial charge in [-0.1, -0.05) is 27.7 Å². The van der Waals surface area contributed by atoms with Crippen molar-refractivity contribution in [1.82, 2.24) is 9.55 Å². The summed E-state index contributed by atoms with van der Waals surface area (Å²) < 4.78 is 2.67. The Hall–Kier alpha value is -1.34. The summed E-state index contributed by atoms with van der Waals surface area (Å²) in [5, 5.41) is 11.4. The van der Waals surface area contributed by atoms with Crippen LogP contribution in [0.4, 0.5) is 5.82 Å². The number of halogens is 1. The van der Waals surface area contributed by atoms with E-state index < -0.39 is 4.92 Å². The first-order valence-corrected chi connectivity index (χ1v) is 6.69. The molecule has 0 N–H and O–H groups in total. The Bertz CT molecular complexity index is 612. The van der Waals surface area contributed by atoms with Gasteiger partial charge in [-0.2, -0.15) is 0 Å². The van der Waals surface area contributed by atoms with Crippen molar-refractivity contribution in [1.29, 1.82) is 0 Å². The zero-order valence-corrected chi connectivity index (χ0v) is 12.2. The number of aryl methyl sites for hydroxylation is 2. The van der Waals surface area contributed by atoms with E-state index in [1.807, 2.05) is 25.1 Å². The van der Waals surface area contributed by atoms with Gasteiger partial charge in [-0.3, -0.25) is 0 Å². The lowest BCUT2D eigenvalue weighted by molar-refractivity contribution is -0.392. The SMILES string of the molecule is Cc1cc(Sc2c([N+](=O)[O-])ncn2C)ccc1Br. The monoisotopic (exact) mass is 327 g/mol. The molecule has 0 atom stereocenters. The van der Waals surface area contributed by atoms with Gasteiger partial charge in [-0.15, -0.1) is 0 Å². The first kappa shape index (κ1) is 13.1. The first-order chi connectivity index (χ1) is 8.49. The van der Waals surface area contributed by atoms with Crippen LogP contribution < -0.4 is 0 Å². The summed E-state index contributed by atoms with van der Waals surface area (Å²) >= 11 is 4.76. The lowest BCUT2D eigenvalue weighted by Crippen LogP contribution is -1.93. The van der Waals surface area contributed by atoms with Crippen LogP contribution in [0.3, 0.4) is 0 Å². The fourth-order valence-electron chi connectivity index (χ4n) is 1.44. The highest BCUT2D eigenvalue weighted by molar-refractivity contribution is 9.10. The maximum absolute atomic E-state index is 10.9. The molecule has 0 aliphatic carbocycles. The Kier molecular flexibility index (Phi) is 3.72. The molecule has 0 aliphatic rings. The van der Waals surface area contributed by atoms with Crippen molar-refractivity contribution in [3.05, 3.63) is 44.7 Å². The van der Waals surface area contributed by atoms with E-state index in [1.165, 1.54) is 18.1 Å². The van der Waals surface area contributed by atoms with E-state index >= 15 is 0 Å². The molecule has 0 amide bonds. The summed E-state index contributed by atoms with van der Waals surface area (Å²) in [7, 11) is 1.74. The molecule has 0 fully saturated rings. The zero-order chi connectivity index (χ0) is 13.3. The second-order valence-corrected chi connectivity index (χ2v) is 5.67. The Morgan fingerprint density at radius 1 is 1.50 bits per heavy atom. The molecule has 0 unspecified atom stereocenters. The predicted molar refractivity (Wildman–Crippen MR) is 72.9 cm³/mol. The average Bonchev–Trinajstić information content (AvgIpc) is 2.66. The molecule has 94 valence electrons. The van der Waals surface area contributed by atoms with Gasteiger partial charge in [-0.05, 0) is 40.6 Å². The third kappa shape index (κ3) is 2.56. The Labute approximate surface area is 117 Å². The number of nitrogens with zero attached hydrogens (tertiary/aromatic N) is 3. The summed E-state index contributed by atoms with van der Waals surface area (Å²) in [4.78, 5) is 15.1. The maximum atomic E-state index is 10.9. The predicted octanol–water partition coefficient (Wildman–Crippen LogP) is 3.55. The minimum Gasteiger partial charge on any atom is -0.358 e. The number of imidazole rings is 1. The van der Waals surface area contributed by atoms with Crippen molar-refractivity contribution < 1.29 is 4.92 Å². The lowest BCUT2D eigenvalue weighted by atomic mass is 10.2. The largest absolute Gasteiger partial charge is 0.396 e. The van der Waals surface area contributed by atoms with Crippen LogP contribution in [-0.2, 0) is 7.05 Å². The molecule has 0 radical (unpaired) electrons. The second kappa shape index (κ2) is 5.11. The zero-order valence-electron chi connectivity index (χ0n) is 9.75. The highest BCUT2D eigenvalue weighted by Crippen LogP contribution is 2.34. The fourth-order valence-corrected chi connectivity index (χ4v) is 2.69. The molecule has 2 aromatic rings. The van der Waals surface area contributed by atoms with Crippen LogP contribution in [0.2, 0.25) is 0 Å². The van der Waals surface area contributed by atoms with E-state index in [4.69, 9.17) is 0 Å². The second-order valence-electron chi connectivity index (χ2n) is 3.75. The molecule has 2 rings (SSSR count). The van der Waals surface area contributed by atoms with Gasteiger partial charge < -0.3 is 14.7 Å². The van der Waals surface area contributed by atoms with Crippen molar-refractivity contribution in [3.8, 4) is 0 Å². The number of aromatic nitrogens is 2. The van der Waals surface area contributed by atoms with Gasteiger partial charge in [0.1, 0.15) is 0 Å². The van der Waals surface area contributed by atoms with E-state index in [1.54, 1.807) is 11.6 Å². The molecule has 7 heteroatoms. The third-order valence-electron chi connectivity index (χ3n) is 2.38. The molecule has 0 aliphatic heterocycles. The van der Waals surface area contributed by atoms with Crippen LogP contribution in [0.5, 0.6) is 0 Å². The average molecular weight is 328 g/mol. The van der Waals surface area contributed by atoms with Crippen molar-refractivity contribution in [2.75, 3.05) is 0 Å². The number of rotatable bonds is 3. The van der Waals surface area contributed by atoms with Crippen molar-refractivity contribution in [2.24, 2.45) is 7.05 Å². The highest BCUT2D eigenvalue weighted by atomic mass is 79.9. The van der Waals surface area contributed by atoms with Crippen LogP contribution in [0.25, 0.3) is 0 Å². The van der Waals surface area contributed by atoms with Gasteiger partial charge in [0, 0.05) is 16.4 Å². The summed E-state index contributed by atoms with van der Waals surface area (Å²) in [6, 6.07) is 5.82. The summed E-state index contributed by atoms with van der Waals surface area (Å²) in [5.41, 5.74) is 1.09. The van der Waals surface area contributed by atoms with Gasteiger partial charge in [0.2, 0.25) is 6.33 Å². The molecule has 0 bridgehead atoms. The van der Waals surface area contributed by atoms with E-state index in [2.05, 4.69) is 20.9 Å². The van der Waals surface area contributed by atoms with Crippen molar-refractivity contribution >= 4 is 33.5 Å². The van der Waals surface area contributed by atoms with E-state index in [0.717, 1.165) is 14.9 Å². The van der Waals surface area contributed by atoms with Crippen LogP contribution in [0.15, 0.2) is 38.9 Å². The van der Waals surface area contributed by atoms with Crippen LogP contribution >= 0.6 is 27.7 Å². The van der Waals surface area contributed by atoms with Crippen molar-refractivity contribution in [3.63, 3.8) is 0 Å². The van der Waals surface area contributed by atoms with Gasteiger partial charge in [0.15, 0.2) is 5.03 Å². The van der Waals surface area contributed by atoms with Gasteiger partial charge in [0.05, 0.1) is 0 Å². The Balaban J connectivity index is 2.36. The van der Waals surface area contributed by atoms with Gasteiger partial charge in [-0.25, -0.2) is 0 Å². The first-order valence-electron chi connectivity index (χ1n) is 5.08. The quantitative estimate of drug-likeness (QED) is 0.638. The summed E-state index contributed by atoms with van der Waals surface area (Å²) in [6.45, 7) is 1.98. The van der Waals surface area contributed by atoms with Crippen LogP contribution in [0.1, 0.15) is 5.56 Å². The summed E-state index contributed by atoms with van der Waals surface area (Å²) in [5.74, 6) is -0.108. The Morgan fingerprint density at radius 3 is 2.83 bits per heavy atom. The van der Waals surface area contributed by atoms with Crippen molar-refractivity contribution in [2.45, 2.75) is 16.8 Å². The van der Waals surface area contributed by atoms with Crippen LogP contribution in [0, 0.1) is 17.0 Å². The summed E-state index contributed by atoms with van der Waals surface area (Å²) in [6.07, 6.45) is 1.45. The number of nitro groups is 1. The van der Waals surface area contributed by atoms with Gasteiger partial charge >= 0.3 is 5.82 Å². The normalized spacial score (nSPS) is 10.6. The molecular formula is C11H10BrN3O2S. The fraction of sp³-hybridized carbons (Fsp3) is 0.182. The lowest BCUT2D eigenvalue weighted by Gasteiger charge is -2.04. The topological polar surface area (TPSA) is 61.0 Å². The minimum absolute atomic E-state index is 0.108. The number of hydrogen-bond acceptors (Lipinski definition) is 4. The highest BCUT2D eigenvalue weighted by Gasteiger charge is 2.21. The van der Waals surface area contributed by atoms with E-state index in [0.29, 0.717) is 5.03 Å². The molecule has 1 heterocycles. The molecule has 0 saturated heterocycles. The third-order valence-corrected chi connectivity index (χ3v) is 4.43. The minimum atomic E-state index is -0.464. The molecule has 18 heavy (non-hydrogen) atoms. The number of hydrogen-bond donors (Lipinski definition) is 0. The molecule has 1 aromatic heterocycles. The standard InChI is InChI=1S/C11H10BrN3O2S/c1-7-5-8(3-4-9(7)12)18-11-10(15(16)17)13-6-14(11)2/h3-6H,1-2H3. The molecular weight excluding hydrogens is 318 g/mol. The molecule has 5 nitrogen and oxygen atoms in total. The molecule has 0 spiro atoms. The smallest absolute Gasteiger partial charge is 0.358 e.